The first-order chi connectivity index (χ1) is 11.5. The predicted octanol–water partition coefficient (Wildman–Crippen LogP) is 3.52. The van der Waals surface area contributed by atoms with Crippen molar-refractivity contribution in [3.8, 4) is 0 Å². The van der Waals surface area contributed by atoms with Crippen molar-refractivity contribution in [1.82, 2.24) is 10.2 Å². The van der Waals surface area contributed by atoms with Gasteiger partial charge in [0.25, 0.3) is 0 Å². The van der Waals surface area contributed by atoms with Gasteiger partial charge in [0, 0.05) is 24.1 Å². The molecule has 0 saturated carbocycles. The van der Waals surface area contributed by atoms with E-state index in [1.54, 1.807) is 4.90 Å². The molecule has 0 bridgehead atoms. The van der Waals surface area contributed by atoms with Gasteiger partial charge in [-0.25, -0.2) is 4.79 Å². The maximum Gasteiger partial charge on any atom is 0.317 e. The lowest BCUT2D eigenvalue weighted by Gasteiger charge is -2.30. The normalized spacial score (nSPS) is 16.7. The largest absolute Gasteiger partial charge is 0.481 e. The van der Waals surface area contributed by atoms with Crippen molar-refractivity contribution in [1.29, 1.82) is 0 Å². The number of hydrogen-bond donors (Lipinski definition) is 2. The van der Waals surface area contributed by atoms with Gasteiger partial charge >= 0.3 is 12.0 Å². The van der Waals surface area contributed by atoms with E-state index in [4.69, 9.17) is 5.11 Å². The molecule has 2 rings (SSSR count). The van der Waals surface area contributed by atoms with Crippen LogP contribution in [0.5, 0.6) is 0 Å². The fourth-order valence-electron chi connectivity index (χ4n) is 3.03. The highest BCUT2D eigenvalue weighted by Crippen LogP contribution is 2.18. The molecular weight excluding hydrogens is 372 g/mol. The van der Waals surface area contributed by atoms with E-state index in [0.717, 1.165) is 17.3 Å². The molecule has 5 nitrogen and oxygen atoms in total. The van der Waals surface area contributed by atoms with Crippen molar-refractivity contribution in [2.24, 2.45) is 11.8 Å². The molecule has 1 aliphatic rings. The molecule has 1 fully saturated rings. The molecule has 1 aromatic rings. The molecule has 1 atom stereocenters. The molecule has 1 saturated heterocycles. The summed E-state index contributed by atoms with van der Waals surface area (Å²) in [5, 5.41) is 12.0. The Morgan fingerprint density at radius 2 is 2.08 bits per heavy atom. The molecule has 1 aromatic carbocycles. The van der Waals surface area contributed by atoms with Crippen LogP contribution >= 0.6 is 15.9 Å². The number of benzene rings is 1. The van der Waals surface area contributed by atoms with Crippen LogP contribution in [0.3, 0.4) is 0 Å². The van der Waals surface area contributed by atoms with Crippen molar-refractivity contribution >= 4 is 27.9 Å². The third-order valence-electron chi connectivity index (χ3n) is 4.66. The number of carbonyl (C=O) groups is 2. The lowest BCUT2D eigenvalue weighted by molar-refractivity contribution is -0.143. The zero-order chi connectivity index (χ0) is 17.5. The van der Waals surface area contributed by atoms with Crippen LogP contribution in [0, 0.1) is 11.8 Å². The second-order valence-electron chi connectivity index (χ2n) is 6.39. The Morgan fingerprint density at radius 1 is 1.38 bits per heavy atom. The Kier molecular flexibility index (Phi) is 7.09. The number of aliphatic carboxylic acids is 1. The quantitative estimate of drug-likeness (QED) is 0.772. The van der Waals surface area contributed by atoms with Crippen molar-refractivity contribution in [2.45, 2.75) is 32.6 Å². The number of nitrogens with zero attached hydrogens (tertiary/aromatic N) is 1. The van der Waals surface area contributed by atoms with Gasteiger partial charge in [0.15, 0.2) is 0 Å². The summed E-state index contributed by atoms with van der Waals surface area (Å²) in [5.41, 5.74) is 1.26. The summed E-state index contributed by atoms with van der Waals surface area (Å²) < 4.78 is 1.07. The fourth-order valence-corrected chi connectivity index (χ4v) is 3.48. The lowest BCUT2D eigenvalue weighted by Crippen LogP contribution is -2.46. The van der Waals surface area contributed by atoms with Crippen molar-refractivity contribution in [2.75, 3.05) is 19.6 Å². The number of halogens is 1. The summed E-state index contributed by atoms with van der Waals surface area (Å²) in [6, 6.07) is 8.17. The fraction of sp³-hybridized carbons (Fsp3) is 0.556. The van der Waals surface area contributed by atoms with Gasteiger partial charge in [-0.15, -0.1) is 0 Å². The summed E-state index contributed by atoms with van der Waals surface area (Å²) in [7, 11) is 0. The molecule has 0 spiro atoms. The van der Waals surface area contributed by atoms with E-state index in [0.29, 0.717) is 38.4 Å². The third-order valence-corrected chi connectivity index (χ3v) is 5.16. The molecule has 132 valence electrons. The minimum atomic E-state index is -0.755. The van der Waals surface area contributed by atoms with Gasteiger partial charge < -0.3 is 15.3 Å². The van der Waals surface area contributed by atoms with Gasteiger partial charge in [-0.2, -0.15) is 0 Å². The van der Waals surface area contributed by atoms with Crippen LogP contribution in [0.15, 0.2) is 28.7 Å². The lowest BCUT2D eigenvalue weighted by atomic mass is 9.96. The van der Waals surface area contributed by atoms with Gasteiger partial charge in [-0.3, -0.25) is 4.79 Å². The monoisotopic (exact) mass is 396 g/mol. The minimum absolute atomic E-state index is 0.0773. The van der Waals surface area contributed by atoms with Crippen molar-refractivity contribution in [3.05, 3.63) is 34.3 Å². The Balaban J connectivity index is 1.78. The predicted molar refractivity (Wildman–Crippen MR) is 97.0 cm³/mol. The summed E-state index contributed by atoms with van der Waals surface area (Å²) >= 11 is 3.49. The van der Waals surface area contributed by atoms with Crippen LogP contribution in [0.1, 0.15) is 31.7 Å². The van der Waals surface area contributed by atoms with E-state index in [2.05, 4.69) is 40.3 Å². The standard InChI is InChI=1S/C18H25BrN2O3/c1-2-13(10-14-4-3-5-16(19)11-14)12-20-18(24)21-8-6-15(7-9-21)17(22)23/h3-5,11,13,15H,2,6-10,12H2,1H3,(H,20,24)(H,22,23). The Labute approximate surface area is 151 Å². The van der Waals surface area contributed by atoms with E-state index >= 15 is 0 Å². The number of carboxylic acids is 1. The number of rotatable bonds is 6. The topological polar surface area (TPSA) is 69.6 Å². The summed E-state index contributed by atoms with van der Waals surface area (Å²) in [5.74, 6) is -0.677. The van der Waals surface area contributed by atoms with Crippen LogP contribution < -0.4 is 5.32 Å². The van der Waals surface area contributed by atoms with E-state index in [1.165, 1.54) is 5.56 Å². The number of urea groups is 1. The number of amides is 2. The Morgan fingerprint density at radius 3 is 2.67 bits per heavy atom. The minimum Gasteiger partial charge on any atom is -0.481 e. The number of nitrogens with one attached hydrogen (secondary N) is 1. The smallest absolute Gasteiger partial charge is 0.317 e. The highest BCUT2D eigenvalue weighted by atomic mass is 79.9. The summed E-state index contributed by atoms with van der Waals surface area (Å²) in [6.07, 6.45) is 3.00. The highest BCUT2D eigenvalue weighted by Gasteiger charge is 2.27. The van der Waals surface area contributed by atoms with Gasteiger partial charge in [0.2, 0.25) is 0 Å². The molecule has 1 unspecified atom stereocenters. The van der Waals surface area contributed by atoms with Crippen molar-refractivity contribution in [3.63, 3.8) is 0 Å². The molecule has 2 amide bonds. The van der Waals surface area contributed by atoms with Gasteiger partial charge in [-0.1, -0.05) is 41.4 Å². The van der Waals surface area contributed by atoms with E-state index in [-0.39, 0.29) is 11.9 Å². The van der Waals surface area contributed by atoms with E-state index in [9.17, 15) is 9.59 Å². The Bertz CT molecular complexity index is 571. The van der Waals surface area contributed by atoms with Crippen LogP contribution in [0.4, 0.5) is 4.79 Å². The number of hydrogen-bond acceptors (Lipinski definition) is 2. The van der Waals surface area contributed by atoms with E-state index in [1.807, 2.05) is 12.1 Å². The van der Waals surface area contributed by atoms with Crippen LogP contribution in [-0.4, -0.2) is 41.6 Å². The average molecular weight is 397 g/mol. The van der Waals surface area contributed by atoms with Crippen LogP contribution in [-0.2, 0) is 11.2 Å². The van der Waals surface area contributed by atoms with Crippen LogP contribution in [0.25, 0.3) is 0 Å². The molecule has 1 aliphatic heterocycles. The SMILES string of the molecule is CCC(CNC(=O)N1CCC(C(=O)O)CC1)Cc1cccc(Br)c1. The second kappa shape index (κ2) is 9.06. The van der Waals surface area contributed by atoms with Gasteiger partial charge in [0.05, 0.1) is 5.92 Å². The highest BCUT2D eigenvalue weighted by molar-refractivity contribution is 9.10. The number of likely N-dealkylation sites (tertiary alicyclic amines) is 1. The van der Waals surface area contributed by atoms with Crippen LogP contribution in [0.2, 0.25) is 0 Å². The molecule has 0 aromatic heterocycles. The first-order valence-electron chi connectivity index (χ1n) is 8.49. The Hall–Kier alpha value is -1.56. The van der Waals surface area contributed by atoms with E-state index < -0.39 is 5.97 Å². The molecule has 1 heterocycles. The zero-order valence-corrected chi connectivity index (χ0v) is 15.6. The first kappa shape index (κ1) is 18.8. The molecular formula is C18H25BrN2O3. The second-order valence-corrected chi connectivity index (χ2v) is 7.31. The van der Waals surface area contributed by atoms with Gasteiger partial charge in [0.1, 0.15) is 0 Å². The molecule has 0 aliphatic carbocycles. The molecule has 24 heavy (non-hydrogen) atoms. The maximum absolute atomic E-state index is 12.3. The zero-order valence-electron chi connectivity index (χ0n) is 14.0. The molecule has 2 N–H and O–H groups in total. The number of carbonyl (C=O) groups excluding carboxylic acids is 1. The third kappa shape index (κ3) is 5.51. The molecule has 6 heteroatoms. The first-order valence-corrected chi connectivity index (χ1v) is 9.29. The summed E-state index contributed by atoms with van der Waals surface area (Å²) in [4.78, 5) is 24.9. The summed E-state index contributed by atoms with van der Waals surface area (Å²) in [6.45, 7) is 3.81. The number of piperidine rings is 1. The number of carboxylic acid groups (broad SMARTS) is 1. The maximum atomic E-state index is 12.3. The molecule has 0 radical (unpaired) electrons. The van der Waals surface area contributed by atoms with Crippen molar-refractivity contribution < 1.29 is 14.7 Å². The average Bonchev–Trinajstić information content (AvgIpc) is 2.58. The van der Waals surface area contributed by atoms with Gasteiger partial charge in [-0.05, 0) is 42.9 Å².